The minimum Gasteiger partial charge on any atom is -0.545 e. The van der Waals surface area contributed by atoms with Gasteiger partial charge in [-0.3, -0.25) is 0 Å². The molecule has 0 saturated heterocycles. The molecule has 2 N–H and O–H groups in total. The van der Waals surface area contributed by atoms with Gasteiger partial charge in [-0.25, -0.2) is 9.97 Å². The normalized spacial score (nSPS) is 10.8. The van der Waals surface area contributed by atoms with Crippen molar-refractivity contribution in [2.24, 2.45) is 0 Å². The van der Waals surface area contributed by atoms with Crippen LogP contribution < -0.4 is 10.8 Å². The van der Waals surface area contributed by atoms with Gasteiger partial charge < -0.3 is 15.6 Å². The zero-order valence-corrected chi connectivity index (χ0v) is 20.9. The first-order valence-corrected chi connectivity index (χ1v) is 10.1. The van der Waals surface area contributed by atoms with Crippen LogP contribution in [-0.4, -0.2) is 67.3 Å². The first-order chi connectivity index (χ1) is 14.6. The molecule has 0 unspecified atom stereocenters. The van der Waals surface area contributed by atoms with Crippen LogP contribution in [0.25, 0.3) is 0 Å². The molecule has 0 fully saturated rings. The van der Waals surface area contributed by atoms with Gasteiger partial charge in [-0.2, -0.15) is 0 Å². The molecule has 149 valence electrons. The number of carbonyl (C=O) groups excluding carboxylic acids is 1. The number of thioether (sulfide) groups is 1. The van der Waals surface area contributed by atoms with Gasteiger partial charge in [0.05, 0.1) is 16.3 Å². The summed E-state index contributed by atoms with van der Waals surface area (Å²) in [6, 6.07) is 30.2. The fraction of sp³-hybridized carbons (Fsp3) is 0.0417. The summed E-state index contributed by atoms with van der Waals surface area (Å²) in [6.07, 6.45) is 1.20. The van der Waals surface area contributed by atoms with E-state index in [0.717, 1.165) is 16.7 Å². The van der Waals surface area contributed by atoms with E-state index in [1.54, 1.807) is 0 Å². The largest absolute Gasteiger partial charge is 0.545 e. The molecule has 0 saturated carbocycles. The van der Waals surface area contributed by atoms with Gasteiger partial charge in [0.2, 0.25) is 0 Å². The molecule has 0 amide bonds. The van der Waals surface area contributed by atoms with E-state index in [9.17, 15) is 9.90 Å². The smallest absolute Gasteiger partial charge is 0.191 e. The van der Waals surface area contributed by atoms with Crippen molar-refractivity contribution in [3.8, 4) is 0 Å². The van der Waals surface area contributed by atoms with E-state index in [-0.39, 0.29) is 62.8 Å². The number of nitrogens with zero attached hydrogens (tertiary/aromatic N) is 2. The van der Waals surface area contributed by atoms with Crippen LogP contribution in [0.5, 0.6) is 0 Å². The van der Waals surface area contributed by atoms with Crippen molar-refractivity contribution >= 4 is 74.9 Å². The van der Waals surface area contributed by atoms with Gasteiger partial charge in [-0.1, -0.05) is 103 Å². The third-order valence-corrected chi connectivity index (χ3v) is 6.19. The minimum atomic E-state index is -1.40. The average Bonchev–Trinajstić information content (AvgIpc) is 2.79. The molecule has 0 aliphatic heterocycles. The number of aromatic nitrogens is 2. The maximum absolute atomic E-state index is 11.2. The second-order valence-electron chi connectivity index (χ2n) is 6.62. The number of carbonyl (C=O) groups is 1. The zero-order chi connectivity index (χ0) is 21.0. The molecule has 31 heavy (non-hydrogen) atoms. The SMILES string of the molecule is Nc1nc(SC(c2ccccc2)(c2ccccc2)c2ccccc2)ncc1C(=O)[O-].[K]. The molecular weight excluding hydrogens is 433 g/mol. The van der Waals surface area contributed by atoms with Crippen molar-refractivity contribution in [2.45, 2.75) is 9.90 Å². The van der Waals surface area contributed by atoms with Crippen LogP contribution in [-0.2, 0) is 4.75 Å². The van der Waals surface area contributed by atoms with Gasteiger partial charge in [-0.05, 0) is 16.7 Å². The molecule has 0 spiro atoms. The molecule has 5 nitrogen and oxygen atoms in total. The van der Waals surface area contributed by atoms with E-state index in [4.69, 9.17) is 5.73 Å². The standard InChI is InChI=1S/C24H19N3O2S.K/c25-21-20(22(28)29)16-26-23(27-21)30-24(17-10-4-1-5-11-17,18-12-6-2-7-13-18)19-14-8-3-9-15-19;/h1-16H,(H,28,29)(H2,25,26,27);/p-1. The number of carboxylic acid groups (broad SMARTS) is 1. The molecule has 1 radical (unpaired) electrons. The van der Waals surface area contributed by atoms with Gasteiger partial charge in [0.25, 0.3) is 0 Å². The first kappa shape index (κ1) is 23.7. The van der Waals surface area contributed by atoms with Crippen LogP contribution in [0.3, 0.4) is 0 Å². The Hall–Kier alpha value is -2.00. The molecule has 0 aliphatic carbocycles. The summed E-state index contributed by atoms with van der Waals surface area (Å²) in [7, 11) is 0. The molecule has 1 heterocycles. The van der Waals surface area contributed by atoms with Crippen LogP contribution >= 0.6 is 11.8 Å². The Morgan fingerprint density at radius 3 is 1.58 bits per heavy atom. The average molecular weight is 452 g/mol. The topological polar surface area (TPSA) is 91.9 Å². The Morgan fingerprint density at radius 1 is 0.806 bits per heavy atom. The van der Waals surface area contributed by atoms with Crippen LogP contribution in [0.1, 0.15) is 27.0 Å². The second kappa shape index (κ2) is 10.5. The number of carboxylic acids is 1. The summed E-state index contributed by atoms with van der Waals surface area (Å²) >= 11 is 1.41. The second-order valence-corrected chi connectivity index (χ2v) is 7.80. The number of nitrogen functional groups attached to an aromatic ring is 1. The molecule has 0 atom stereocenters. The van der Waals surface area contributed by atoms with Gasteiger partial charge in [0.1, 0.15) is 5.82 Å². The zero-order valence-electron chi connectivity index (χ0n) is 16.9. The van der Waals surface area contributed by atoms with Gasteiger partial charge in [0.15, 0.2) is 5.16 Å². The van der Waals surface area contributed by atoms with Gasteiger partial charge >= 0.3 is 0 Å². The predicted octanol–water partition coefficient (Wildman–Crippen LogP) is 3.13. The fourth-order valence-corrected chi connectivity index (χ4v) is 4.70. The van der Waals surface area contributed by atoms with Gasteiger partial charge in [0, 0.05) is 57.6 Å². The van der Waals surface area contributed by atoms with Crippen molar-refractivity contribution in [3.05, 3.63) is 119 Å². The van der Waals surface area contributed by atoms with Gasteiger partial charge in [-0.15, -0.1) is 0 Å². The van der Waals surface area contributed by atoms with E-state index in [1.165, 1.54) is 18.0 Å². The molecule has 4 rings (SSSR count). The Balaban J connectivity index is 0.00000272. The molecule has 7 heteroatoms. The van der Waals surface area contributed by atoms with E-state index in [2.05, 4.69) is 46.4 Å². The third kappa shape index (κ3) is 4.92. The number of rotatable bonds is 6. The molecule has 0 bridgehead atoms. The molecule has 4 aromatic rings. The van der Waals surface area contributed by atoms with Crippen molar-refractivity contribution in [1.29, 1.82) is 0 Å². The maximum atomic E-state index is 11.2. The number of anilines is 1. The Morgan fingerprint density at radius 2 is 1.23 bits per heavy atom. The van der Waals surface area contributed by atoms with Crippen molar-refractivity contribution < 1.29 is 9.90 Å². The Kier molecular flexibility index (Phi) is 8.04. The first-order valence-electron chi connectivity index (χ1n) is 9.30. The van der Waals surface area contributed by atoms with E-state index in [0.29, 0.717) is 5.16 Å². The van der Waals surface area contributed by atoms with E-state index < -0.39 is 10.7 Å². The molecule has 0 aliphatic rings. The summed E-state index contributed by atoms with van der Waals surface area (Å²) in [5.41, 5.74) is 8.77. The Labute approximate surface area is 227 Å². The summed E-state index contributed by atoms with van der Waals surface area (Å²) in [5.74, 6) is -1.51. The molecule has 3 aromatic carbocycles. The quantitative estimate of drug-likeness (QED) is 0.210. The summed E-state index contributed by atoms with van der Waals surface area (Å²) in [6.45, 7) is 0. The van der Waals surface area contributed by atoms with Crippen molar-refractivity contribution in [2.75, 3.05) is 5.73 Å². The van der Waals surface area contributed by atoms with Crippen LogP contribution in [0, 0.1) is 0 Å². The number of aromatic carboxylic acids is 1. The third-order valence-electron chi connectivity index (χ3n) is 4.80. The monoisotopic (exact) mass is 451 g/mol. The number of hydrogen-bond acceptors (Lipinski definition) is 6. The van der Waals surface area contributed by atoms with Crippen molar-refractivity contribution in [1.82, 2.24) is 9.97 Å². The molecular formula is C24H18KN3O2S-. The minimum absolute atomic E-state index is 0. The predicted molar refractivity (Wildman–Crippen MR) is 122 cm³/mol. The summed E-state index contributed by atoms with van der Waals surface area (Å²) < 4.78 is -0.667. The van der Waals surface area contributed by atoms with E-state index >= 15 is 0 Å². The summed E-state index contributed by atoms with van der Waals surface area (Å²) in [4.78, 5) is 19.7. The number of hydrogen-bond donors (Lipinski definition) is 1. The van der Waals surface area contributed by atoms with Crippen molar-refractivity contribution in [3.63, 3.8) is 0 Å². The van der Waals surface area contributed by atoms with Crippen LogP contribution in [0.4, 0.5) is 5.82 Å². The molecule has 1 aromatic heterocycles. The Bertz CT molecular complexity index is 1060. The van der Waals surface area contributed by atoms with Crippen LogP contribution in [0.15, 0.2) is 102 Å². The number of benzene rings is 3. The van der Waals surface area contributed by atoms with E-state index in [1.807, 2.05) is 54.6 Å². The summed E-state index contributed by atoms with van der Waals surface area (Å²) in [5, 5.41) is 11.6. The fourth-order valence-electron chi connectivity index (χ4n) is 3.42. The van der Waals surface area contributed by atoms with Crippen LogP contribution in [0.2, 0.25) is 0 Å². The number of nitrogens with two attached hydrogens (primary N) is 1. The maximum Gasteiger partial charge on any atom is 0.191 e.